The number of hydrogen-bond acceptors (Lipinski definition) is 2. The molecule has 0 aromatic carbocycles. The Morgan fingerprint density at radius 3 is 2.59 bits per heavy atom. The van der Waals surface area contributed by atoms with Crippen LogP contribution in [0, 0.1) is 0 Å². The van der Waals surface area contributed by atoms with Gasteiger partial charge in [0.1, 0.15) is 11.9 Å². The van der Waals surface area contributed by atoms with E-state index in [4.69, 9.17) is 11.6 Å². The number of carbonyl (C=O) groups is 2. The fourth-order valence-electron chi connectivity index (χ4n) is 1.45. The summed E-state index contributed by atoms with van der Waals surface area (Å²) in [6, 6.07) is 0. The molecule has 1 aliphatic rings. The molecule has 0 aromatic heterocycles. The summed E-state index contributed by atoms with van der Waals surface area (Å²) in [5, 5.41) is -0.787. The van der Waals surface area contributed by atoms with Crippen LogP contribution in [-0.4, -0.2) is 52.9 Å². The van der Waals surface area contributed by atoms with Crippen LogP contribution in [0.2, 0.25) is 0 Å². The third-order valence-electron chi connectivity index (χ3n) is 2.34. The maximum absolute atomic E-state index is 12.0. The topological polar surface area (TPSA) is 40.6 Å². The Labute approximate surface area is 101 Å². The number of carbonyl (C=O) groups excluding carboxylic acids is 2. The van der Waals surface area contributed by atoms with E-state index in [0.717, 1.165) is 9.80 Å². The lowest BCUT2D eigenvalue weighted by Crippen LogP contribution is -2.36. The van der Waals surface area contributed by atoms with E-state index >= 15 is 0 Å². The van der Waals surface area contributed by atoms with Crippen LogP contribution >= 0.6 is 11.6 Å². The van der Waals surface area contributed by atoms with Crippen LogP contribution in [0.1, 0.15) is 13.3 Å². The molecule has 0 aliphatic carbocycles. The average Bonchev–Trinajstić information content (AvgIpc) is 2.54. The molecule has 1 atom stereocenters. The third kappa shape index (κ3) is 4.07. The van der Waals surface area contributed by atoms with Crippen molar-refractivity contribution in [2.75, 3.05) is 19.8 Å². The van der Waals surface area contributed by atoms with Crippen molar-refractivity contribution in [3.05, 3.63) is 0 Å². The Morgan fingerprint density at radius 2 is 2.12 bits per heavy atom. The normalized spacial score (nSPS) is 18.8. The fourth-order valence-corrected chi connectivity index (χ4v) is 1.59. The minimum absolute atomic E-state index is 0.120. The highest BCUT2D eigenvalue weighted by molar-refractivity contribution is 6.30. The number of nitrogens with zero attached hydrogens (tertiary/aromatic N) is 2. The lowest BCUT2D eigenvalue weighted by atomic mass is 10.4. The molecule has 0 saturated carbocycles. The zero-order valence-corrected chi connectivity index (χ0v) is 9.88. The van der Waals surface area contributed by atoms with Gasteiger partial charge >= 0.3 is 6.18 Å². The van der Waals surface area contributed by atoms with E-state index in [1.54, 1.807) is 0 Å². The first kappa shape index (κ1) is 14.1. The molecule has 0 radical (unpaired) electrons. The maximum atomic E-state index is 12.0. The van der Waals surface area contributed by atoms with Crippen molar-refractivity contribution in [1.29, 1.82) is 0 Å². The minimum atomic E-state index is -4.31. The van der Waals surface area contributed by atoms with Gasteiger partial charge in [-0.3, -0.25) is 9.59 Å². The lowest BCUT2D eigenvalue weighted by Gasteiger charge is -2.19. The number of alkyl halides is 4. The molecule has 4 nitrogen and oxygen atoms in total. The van der Waals surface area contributed by atoms with Gasteiger partial charge in [-0.15, -0.1) is 11.6 Å². The molecule has 1 fully saturated rings. The summed E-state index contributed by atoms with van der Waals surface area (Å²) >= 11 is 5.55. The molecular weight excluding hydrogens is 261 g/mol. The fraction of sp³-hybridized carbons (Fsp3) is 0.778. The Bertz CT molecular complexity index is 320. The van der Waals surface area contributed by atoms with Crippen LogP contribution in [0.3, 0.4) is 0 Å². The van der Waals surface area contributed by atoms with Crippen molar-refractivity contribution in [3.63, 3.8) is 0 Å². The second-order valence-electron chi connectivity index (χ2n) is 3.82. The average molecular weight is 273 g/mol. The van der Waals surface area contributed by atoms with Gasteiger partial charge in [0.05, 0.1) is 13.1 Å². The smallest absolute Gasteiger partial charge is 0.323 e. The van der Waals surface area contributed by atoms with Gasteiger partial charge in [0.15, 0.2) is 0 Å². The van der Waals surface area contributed by atoms with Gasteiger partial charge in [0, 0.05) is 6.54 Å². The monoisotopic (exact) mass is 272 g/mol. The number of hydrogen-bond donors (Lipinski definition) is 0. The summed E-state index contributed by atoms with van der Waals surface area (Å²) in [5.74, 6) is -0.936. The molecule has 8 heteroatoms. The molecule has 0 aromatic rings. The van der Waals surface area contributed by atoms with Gasteiger partial charge in [0.2, 0.25) is 11.8 Å². The standard InChI is InChI=1S/C9H12ClF3N2O2/c1-6(10)8(17)15-4-7(16)14(5-15)3-2-9(11,12)13/h6H,2-5H2,1H3. The Hall–Kier alpha value is -0.980. The molecule has 2 amide bonds. The summed E-state index contributed by atoms with van der Waals surface area (Å²) in [7, 11) is 0. The molecule has 0 N–H and O–H groups in total. The van der Waals surface area contributed by atoms with Crippen LogP contribution in [0.15, 0.2) is 0 Å². The molecule has 17 heavy (non-hydrogen) atoms. The van der Waals surface area contributed by atoms with Gasteiger partial charge in [0.25, 0.3) is 0 Å². The van der Waals surface area contributed by atoms with Crippen molar-refractivity contribution in [2.45, 2.75) is 24.9 Å². The lowest BCUT2D eigenvalue weighted by molar-refractivity contribution is -0.142. The summed E-state index contributed by atoms with van der Waals surface area (Å²) < 4.78 is 35.9. The molecule has 1 saturated heterocycles. The Morgan fingerprint density at radius 1 is 1.53 bits per heavy atom. The van der Waals surface area contributed by atoms with E-state index in [1.807, 2.05) is 0 Å². The Balaban J connectivity index is 2.50. The SMILES string of the molecule is CC(Cl)C(=O)N1CC(=O)N(CCC(F)(F)F)C1. The first-order chi connectivity index (χ1) is 7.70. The van der Waals surface area contributed by atoms with Crippen LogP contribution in [0.4, 0.5) is 13.2 Å². The van der Waals surface area contributed by atoms with Gasteiger partial charge in [-0.2, -0.15) is 13.2 Å². The van der Waals surface area contributed by atoms with E-state index in [0.29, 0.717) is 0 Å². The van der Waals surface area contributed by atoms with Gasteiger partial charge in [-0.05, 0) is 6.92 Å². The van der Waals surface area contributed by atoms with Crippen LogP contribution in [-0.2, 0) is 9.59 Å². The molecular formula is C9H12ClF3N2O2. The predicted molar refractivity (Wildman–Crippen MR) is 54.3 cm³/mol. The van der Waals surface area contributed by atoms with Crippen molar-refractivity contribution < 1.29 is 22.8 Å². The number of halogens is 4. The Kier molecular flexibility index (Phi) is 4.24. The van der Waals surface area contributed by atoms with E-state index < -0.39 is 36.3 Å². The summed E-state index contributed by atoms with van der Waals surface area (Å²) in [6.07, 6.45) is -5.38. The summed E-state index contributed by atoms with van der Waals surface area (Å²) in [6.45, 7) is 0.702. The summed E-state index contributed by atoms with van der Waals surface area (Å²) in [5.41, 5.74) is 0. The van der Waals surface area contributed by atoms with Crippen molar-refractivity contribution >= 4 is 23.4 Å². The first-order valence-corrected chi connectivity index (χ1v) is 5.42. The van der Waals surface area contributed by atoms with Crippen LogP contribution in [0.5, 0.6) is 0 Å². The van der Waals surface area contributed by atoms with E-state index in [1.165, 1.54) is 6.92 Å². The first-order valence-electron chi connectivity index (χ1n) is 4.98. The molecule has 1 heterocycles. The van der Waals surface area contributed by atoms with Gasteiger partial charge < -0.3 is 9.80 Å². The second kappa shape index (κ2) is 5.12. The molecule has 0 spiro atoms. The van der Waals surface area contributed by atoms with Crippen molar-refractivity contribution in [2.24, 2.45) is 0 Å². The molecule has 1 unspecified atom stereocenters. The zero-order chi connectivity index (χ0) is 13.2. The van der Waals surface area contributed by atoms with Gasteiger partial charge in [-0.25, -0.2) is 0 Å². The van der Waals surface area contributed by atoms with E-state index in [-0.39, 0.29) is 13.2 Å². The maximum Gasteiger partial charge on any atom is 0.390 e. The van der Waals surface area contributed by atoms with Crippen LogP contribution < -0.4 is 0 Å². The van der Waals surface area contributed by atoms with E-state index in [9.17, 15) is 22.8 Å². The molecule has 1 aliphatic heterocycles. The van der Waals surface area contributed by atoms with Crippen molar-refractivity contribution in [3.8, 4) is 0 Å². The van der Waals surface area contributed by atoms with Crippen molar-refractivity contribution in [1.82, 2.24) is 9.80 Å². The third-order valence-corrected chi connectivity index (χ3v) is 2.52. The molecule has 1 rings (SSSR count). The zero-order valence-electron chi connectivity index (χ0n) is 9.13. The quantitative estimate of drug-likeness (QED) is 0.724. The van der Waals surface area contributed by atoms with E-state index in [2.05, 4.69) is 0 Å². The largest absolute Gasteiger partial charge is 0.390 e. The number of amides is 2. The predicted octanol–water partition coefficient (Wildman–Crippen LogP) is 1.19. The highest BCUT2D eigenvalue weighted by Gasteiger charge is 2.35. The van der Waals surface area contributed by atoms with Crippen LogP contribution in [0.25, 0.3) is 0 Å². The summed E-state index contributed by atoms with van der Waals surface area (Å²) in [4.78, 5) is 24.9. The number of rotatable bonds is 3. The highest BCUT2D eigenvalue weighted by Crippen LogP contribution is 2.21. The second-order valence-corrected chi connectivity index (χ2v) is 4.47. The van der Waals surface area contributed by atoms with Gasteiger partial charge in [-0.1, -0.05) is 0 Å². The minimum Gasteiger partial charge on any atom is -0.323 e. The highest BCUT2D eigenvalue weighted by atomic mass is 35.5. The molecule has 0 bridgehead atoms. The molecule has 98 valence electrons.